The van der Waals surface area contributed by atoms with E-state index in [1.54, 1.807) is 0 Å². The summed E-state index contributed by atoms with van der Waals surface area (Å²) in [7, 11) is 0. The highest BCUT2D eigenvalue weighted by Crippen LogP contribution is 2.30. The number of para-hydroxylation sites is 1. The molecule has 0 saturated carbocycles. The van der Waals surface area contributed by atoms with Crippen LogP contribution < -0.4 is 10.5 Å². The monoisotopic (exact) mass is 267 g/mol. The van der Waals surface area contributed by atoms with Gasteiger partial charge in [-0.1, -0.05) is 12.1 Å². The molecule has 4 heteroatoms. The van der Waals surface area contributed by atoms with Gasteiger partial charge in [-0.2, -0.15) is 0 Å². The van der Waals surface area contributed by atoms with E-state index >= 15 is 0 Å². The summed E-state index contributed by atoms with van der Waals surface area (Å²) in [5, 5.41) is 0. The van der Waals surface area contributed by atoms with Crippen molar-refractivity contribution < 1.29 is 4.74 Å². The van der Waals surface area contributed by atoms with E-state index in [1.807, 2.05) is 60.8 Å². The van der Waals surface area contributed by atoms with Crippen LogP contribution in [0.5, 0.6) is 5.75 Å². The van der Waals surface area contributed by atoms with Gasteiger partial charge in [-0.15, -0.1) is 0 Å². The van der Waals surface area contributed by atoms with Crippen molar-refractivity contribution in [2.24, 2.45) is 0 Å². The number of pyridine rings is 1. The van der Waals surface area contributed by atoms with Crippen molar-refractivity contribution in [1.82, 2.24) is 9.38 Å². The van der Waals surface area contributed by atoms with Crippen molar-refractivity contribution in [3.8, 4) is 17.0 Å². The fraction of sp³-hybridized carbons (Fsp3) is 0.188. The third-order valence-corrected chi connectivity index (χ3v) is 3.39. The van der Waals surface area contributed by atoms with Crippen LogP contribution in [0.3, 0.4) is 0 Å². The summed E-state index contributed by atoms with van der Waals surface area (Å²) >= 11 is 0. The minimum atomic E-state index is 0.635. The van der Waals surface area contributed by atoms with E-state index in [-0.39, 0.29) is 0 Å². The fourth-order valence-corrected chi connectivity index (χ4v) is 2.29. The number of nitrogen functional groups attached to an aromatic ring is 1. The summed E-state index contributed by atoms with van der Waals surface area (Å²) < 4.78 is 7.67. The molecular weight excluding hydrogens is 250 g/mol. The van der Waals surface area contributed by atoms with E-state index < -0.39 is 0 Å². The average molecular weight is 267 g/mol. The van der Waals surface area contributed by atoms with Gasteiger partial charge >= 0.3 is 0 Å². The van der Waals surface area contributed by atoms with Crippen molar-refractivity contribution in [2.75, 3.05) is 12.3 Å². The minimum absolute atomic E-state index is 0.635. The number of hydrogen-bond acceptors (Lipinski definition) is 3. The zero-order valence-corrected chi connectivity index (χ0v) is 11.6. The van der Waals surface area contributed by atoms with E-state index in [9.17, 15) is 0 Å². The van der Waals surface area contributed by atoms with Crippen molar-refractivity contribution in [3.63, 3.8) is 0 Å². The van der Waals surface area contributed by atoms with E-state index in [2.05, 4.69) is 4.98 Å². The molecule has 1 aromatic carbocycles. The molecule has 0 radical (unpaired) electrons. The molecule has 102 valence electrons. The van der Waals surface area contributed by atoms with Crippen molar-refractivity contribution in [1.29, 1.82) is 0 Å². The lowest BCUT2D eigenvalue weighted by Crippen LogP contribution is -1.96. The van der Waals surface area contributed by atoms with Gasteiger partial charge in [0, 0.05) is 17.5 Å². The van der Waals surface area contributed by atoms with Crippen molar-refractivity contribution in [2.45, 2.75) is 13.8 Å². The first-order chi connectivity index (χ1) is 9.70. The van der Waals surface area contributed by atoms with Crippen LogP contribution in [0.2, 0.25) is 0 Å². The Morgan fingerprint density at radius 3 is 2.80 bits per heavy atom. The summed E-state index contributed by atoms with van der Waals surface area (Å²) in [5.74, 6) is 0.851. The lowest BCUT2D eigenvalue weighted by Gasteiger charge is -2.07. The van der Waals surface area contributed by atoms with Gasteiger partial charge in [0.2, 0.25) is 0 Å². The molecule has 0 spiro atoms. The summed E-state index contributed by atoms with van der Waals surface area (Å²) in [6.45, 7) is 4.60. The number of nitrogens with two attached hydrogens (primary N) is 1. The Morgan fingerprint density at radius 1 is 1.20 bits per heavy atom. The zero-order chi connectivity index (χ0) is 14.1. The molecule has 0 bridgehead atoms. The Morgan fingerprint density at radius 2 is 2.00 bits per heavy atom. The number of benzene rings is 1. The second-order valence-corrected chi connectivity index (χ2v) is 4.66. The van der Waals surface area contributed by atoms with Gasteiger partial charge in [0.1, 0.15) is 11.4 Å². The van der Waals surface area contributed by atoms with E-state index in [0.29, 0.717) is 6.61 Å². The number of fused-ring (bicyclic) bond motifs is 1. The number of aryl methyl sites for hydroxylation is 1. The molecule has 2 N–H and O–H groups in total. The topological polar surface area (TPSA) is 52.5 Å². The molecule has 4 nitrogen and oxygen atoms in total. The van der Waals surface area contributed by atoms with E-state index in [1.165, 1.54) is 0 Å². The number of ether oxygens (including phenoxy) is 1. The van der Waals surface area contributed by atoms with Crippen molar-refractivity contribution in [3.05, 3.63) is 48.3 Å². The molecule has 0 atom stereocenters. The number of hydrogen-bond donors (Lipinski definition) is 1. The lowest BCUT2D eigenvalue weighted by atomic mass is 10.1. The maximum atomic E-state index is 5.94. The number of rotatable bonds is 3. The molecule has 0 fully saturated rings. The first-order valence-electron chi connectivity index (χ1n) is 6.67. The molecule has 20 heavy (non-hydrogen) atoms. The second kappa shape index (κ2) is 4.89. The molecule has 2 aromatic heterocycles. The minimum Gasteiger partial charge on any atom is -0.493 e. The summed E-state index contributed by atoms with van der Waals surface area (Å²) in [6, 6.07) is 11.7. The molecule has 3 aromatic rings. The predicted molar refractivity (Wildman–Crippen MR) is 80.9 cm³/mol. The van der Waals surface area contributed by atoms with Gasteiger partial charge in [-0.05, 0) is 38.1 Å². The molecule has 0 aliphatic heterocycles. The molecule has 3 rings (SSSR count). The maximum Gasteiger partial charge on any atom is 0.137 e. The van der Waals surface area contributed by atoms with E-state index in [0.717, 1.165) is 34.0 Å². The van der Waals surface area contributed by atoms with Crippen LogP contribution in [-0.4, -0.2) is 16.0 Å². The molecule has 0 amide bonds. The molecule has 0 aliphatic rings. The first kappa shape index (κ1) is 12.5. The van der Waals surface area contributed by atoms with Gasteiger partial charge in [-0.25, -0.2) is 4.98 Å². The molecule has 0 aliphatic carbocycles. The number of nitrogens with zero attached hydrogens (tertiary/aromatic N) is 2. The van der Waals surface area contributed by atoms with Crippen LogP contribution >= 0.6 is 0 Å². The standard InChI is InChI=1S/C16H17N3O/c1-3-20-15-7-5-4-6-12(15)14-10-19-11(2)13(17)8-9-16(19)18-14/h4-10H,3,17H2,1-2H3. The highest BCUT2D eigenvalue weighted by molar-refractivity contribution is 5.70. The fourth-order valence-electron chi connectivity index (χ4n) is 2.29. The molecular formula is C16H17N3O. The Hall–Kier alpha value is -2.49. The molecule has 0 unspecified atom stereocenters. The maximum absolute atomic E-state index is 5.94. The SMILES string of the molecule is CCOc1ccccc1-c1cn2c(C)c(N)ccc2n1. The largest absolute Gasteiger partial charge is 0.493 e. The third-order valence-electron chi connectivity index (χ3n) is 3.39. The van der Waals surface area contributed by atoms with E-state index in [4.69, 9.17) is 10.5 Å². The Bertz CT molecular complexity index is 762. The highest BCUT2D eigenvalue weighted by Gasteiger charge is 2.11. The quantitative estimate of drug-likeness (QED) is 0.792. The molecule has 0 saturated heterocycles. The van der Waals surface area contributed by atoms with Gasteiger partial charge < -0.3 is 14.9 Å². The normalized spacial score (nSPS) is 10.9. The Balaban J connectivity index is 2.18. The third kappa shape index (κ3) is 1.99. The summed E-state index contributed by atoms with van der Waals surface area (Å²) in [6.07, 6.45) is 2.00. The summed E-state index contributed by atoms with van der Waals surface area (Å²) in [4.78, 5) is 4.66. The number of aromatic nitrogens is 2. The summed E-state index contributed by atoms with van der Waals surface area (Å²) in [5.41, 5.74) is 10.5. The van der Waals surface area contributed by atoms with Crippen LogP contribution in [0, 0.1) is 6.92 Å². The van der Waals surface area contributed by atoms with Crippen LogP contribution in [0.4, 0.5) is 5.69 Å². The first-order valence-corrected chi connectivity index (χ1v) is 6.67. The van der Waals surface area contributed by atoms with Crippen LogP contribution in [0.25, 0.3) is 16.9 Å². The van der Waals surface area contributed by atoms with Crippen LogP contribution in [-0.2, 0) is 0 Å². The molecule has 2 heterocycles. The smallest absolute Gasteiger partial charge is 0.137 e. The number of imidazole rings is 1. The Labute approximate surface area is 117 Å². The van der Waals surface area contributed by atoms with Gasteiger partial charge in [0.15, 0.2) is 0 Å². The Kier molecular flexibility index (Phi) is 3.06. The highest BCUT2D eigenvalue weighted by atomic mass is 16.5. The van der Waals surface area contributed by atoms with Gasteiger partial charge in [0.05, 0.1) is 18.0 Å². The van der Waals surface area contributed by atoms with Gasteiger partial charge in [0.25, 0.3) is 0 Å². The van der Waals surface area contributed by atoms with Crippen LogP contribution in [0.1, 0.15) is 12.6 Å². The zero-order valence-electron chi connectivity index (χ0n) is 11.6. The lowest BCUT2D eigenvalue weighted by molar-refractivity contribution is 0.341. The average Bonchev–Trinajstić information content (AvgIpc) is 2.89. The second-order valence-electron chi connectivity index (χ2n) is 4.66. The van der Waals surface area contributed by atoms with Crippen LogP contribution in [0.15, 0.2) is 42.6 Å². The predicted octanol–water partition coefficient (Wildman–Crippen LogP) is 3.29. The van der Waals surface area contributed by atoms with Gasteiger partial charge in [-0.3, -0.25) is 0 Å². The van der Waals surface area contributed by atoms with Crippen molar-refractivity contribution >= 4 is 11.3 Å². The number of anilines is 1.